The maximum absolute atomic E-state index is 12.7. The smallest absolute Gasteiger partial charge is 0.322 e. The summed E-state index contributed by atoms with van der Waals surface area (Å²) in [6, 6.07) is 13.3. The number of piperidine rings is 1. The zero-order valence-electron chi connectivity index (χ0n) is 17.7. The molecule has 0 aliphatic carbocycles. The number of benzene rings is 2. The lowest BCUT2D eigenvalue weighted by atomic mass is 10.1. The standard InChI is InChI=1S/C22H24N4O5S/c1-30-18-9-5-16(6-10-18)15-20-24-25-22(31-20)23-21(27)17-7-11-19(12-8-17)32(28,29)26-13-3-2-4-14-26/h5-12H,2-4,13-15H2,1H3,(H,23,25,27). The molecule has 4 rings (SSSR count). The Morgan fingerprint density at radius 1 is 1.03 bits per heavy atom. The van der Waals surface area contributed by atoms with Gasteiger partial charge in [-0.25, -0.2) is 8.42 Å². The lowest BCUT2D eigenvalue weighted by molar-refractivity contribution is 0.102. The Morgan fingerprint density at radius 2 is 1.72 bits per heavy atom. The molecule has 2 aromatic carbocycles. The molecule has 3 aromatic rings. The molecule has 1 aromatic heterocycles. The van der Waals surface area contributed by atoms with Crippen molar-refractivity contribution in [1.82, 2.24) is 14.5 Å². The van der Waals surface area contributed by atoms with Crippen molar-refractivity contribution in [3.8, 4) is 5.75 Å². The van der Waals surface area contributed by atoms with Crippen LogP contribution in [0.2, 0.25) is 0 Å². The largest absolute Gasteiger partial charge is 0.497 e. The molecule has 9 nitrogen and oxygen atoms in total. The fourth-order valence-electron chi connectivity index (χ4n) is 3.50. The number of hydrogen-bond donors (Lipinski definition) is 1. The van der Waals surface area contributed by atoms with Crippen LogP contribution in [0, 0.1) is 0 Å². The van der Waals surface area contributed by atoms with Gasteiger partial charge in [0.1, 0.15) is 5.75 Å². The van der Waals surface area contributed by atoms with Crippen LogP contribution in [0.5, 0.6) is 5.75 Å². The molecule has 0 radical (unpaired) electrons. The van der Waals surface area contributed by atoms with Gasteiger partial charge in [-0.2, -0.15) is 4.31 Å². The van der Waals surface area contributed by atoms with Gasteiger partial charge >= 0.3 is 6.01 Å². The number of ether oxygens (including phenoxy) is 1. The summed E-state index contributed by atoms with van der Waals surface area (Å²) in [6.45, 7) is 1.06. The highest BCUT2D eigenvalue weighted by molar-refractivity contribution is 7.89. The van der Waals surface area contributed by atoms with Gasteiger partial charge in [0.2, 0.25) is 15.9 Å². The number of aromatic nitrogens is 2. The van der Waals surface area contributed by atoms with Crippen LogP contribution in [0.15, 0.2) is 57.8 Å². The Labute approximate surface area is 186 Å². The van der Waals surface area contributed by atoms with Crippen molar-refractivity contribution < 1.29 is 22.4 Å². The van der Waals surface area contributed by atoms with Crippen molar-refractivity contribution in [2.24, 2.45) is 0 Å². The summed E-state index contributed by atoms with van der Waals surface area (Å²) < 4.78 is 37.6. The number of carbonyl (C=O) groups is 1. The van der Waals surface area contributed by atoms with Crippen LogP contribution in [-0.4, -0.2) is 49.0 Å². The van der Waals surface area contributed by atoms with E-state index >= 15 is 0 Å². The summed E-state index contributed by atoms with van der Waals surface area (Å²) in [5.74, 6) is 0.641. The number of methoxy groups -OCH3 is 1. The molecule has 1 N–H and O–H groups in total. The SMILES string of the molecule is COc1ccc(Cc2nnc(NC(=O)c3ccc(S(=O)(=O)N4CCCCC4)cc3)o2)cc1. The molecule has 1 aliphatic rings. The first kappa shape index (κ1) is 22.0. The fraction of sp³-hybridized carbons (Fsp3) is 0.318. The van der Waals surface area contributed by atoms with E-state index in [1.165, 1.54) is 28.6 Å². The highest BCUT2D eigenvalue weighted by Gasteiger charge is 2.26. The number of rotatable bonds is 7. The van der Waals surface area contributed by atoms with Crippen LogP contribution in [0.4, 0.5) is 6.01 Å². The van der Waals surface area contributed by atoms with Gasteiger partial charge in [-0.05, 0) is 54.8 Å². The molecule has 1 saturated heterocycles. The molecule has 0 bridgehead atoms. The Balaban J connectivity index is 1.38. The predicted molar refractivity (Wildman–Crippen MR) is 117 cm³/mol. The quantitative estimate of drug-likeness (QED) is 0.581. The fourth-order valence-corrected chi connectivity index (χ4v) is 5.01. The molecule has 32 heavy (non-hydrogen) atoms. The third-order valence-electron chi connectivity index (χ3n) is 5.27. The predicted octanol–water partition coefficient (Wildman–Crippen LogP) is 3.10. The van der Waals surface area contributed by atoms with Crippen LogP contribution in [0.1, 0.15) is 41.1 Å². The minimum Gasteiger partial charge on any atom is -0.497 e. The Bertz CT molecular complexity index is 1170. The number of hydrogen-bond acceptors (Lipinski definition) is 7. The topological polar surface area (TPSA) is 115 Å². The van der Waals surface area contributed by atoms with E-state index in [2.05, 4.69) is 15.5 Å². The third-order valence-corrected chi connectivity index (χ3v) is 7.18. The van der Waals surface area contributed by atoms with E-state index in [1.807, 2.05) is 24.3 Å². The van der Waals surface area contributed by atoms with Gasteiger partial charge in [0.05, 0.1) is 18.4 Å². The van der Waals surface area contributed by atoms with E-state index in [9.17, 15) is 13.2 Å². The summed E-state index contributed by atoms with van der Waals surface area (Å²) >= 11 is 0. The Morgan fingerprint density at radius 3 is 2.38 bits per heavy atom. The van der Waals surface area contributed by atoms with Gasteiger partial charge in [0, 0.05) is 18.7 Å². The molecule has 0 saturated carbocycles. The second-order valence-corrected chi connectivity index (χ2v) is 9.41. The number of nitrogens with one attached hydrogen (secondary N) is 1. The van der Waals surface area contributed by atoms with Crippen LogP contribution in [0.3, 0.4) is 0 Å². The zero-order valence-corrected chi connectivity index (χ0v) is 18.5. The van der Waals surface area contributed by atoms with Crippen molar-refractivity contribution in [3.05, 3.63) is 65.5 Å². The van der Waals surface area contributed by atoms with Gasteiger partial charge in [0.25, 0.3) is 5.91 Å². The van der Waals surface area contributed by atoms with Gasteiger partial charge in [-0.15, -0.1) is 5.10 Å². The zero-order chi connectivity index (χ0) is 22.6. The molecule has 2 heterocycles. The summed E-state index contributed by atoms with van der Waals surface area (Å²) in [4.78, 5) is 12.7. The van der Waals surface area contributed by atoms with E-state index in [4.69, 9.17) is 9.15 Å². The average Bonchev–Trinajstić information content (AvgIpc) is 3.26. The van der Waals surface area contributed by atoms with Crippen LogP contribution in [0.25, 0.3) is 0 Å². The minimum absolute atomic E-state index is 0.0245. The number of nitrogens with zero attached hydrogens (tertiary/aromatic N) is 3. The number of sulfonamides is 1. The molecular formula is C22H24N4O5S. The number of anilines is 1. The van der Waals surface area contributed by atoms with Gasteiger partial charge in [0.15, 0.2) is 0 Å². The minimum atomic E-state index is -3.54. The second kappa shape index (κ2) is 9.49. The molecule has 1 amide bonds. The lowest BCUT2D eigenvalue weighted by Crippen LogP contribution is -2.35. The average molecular weight is 457 g/mol. The van der Waals surface area contributed by atoms with E-state index in [-0.39, 0.29) is 16.5 Å². The molecule has 0 spiro atoms. The van der Waals surface area contributed by atoms with Gasteiger partial charge in [-0.1, -0.05) is 23.7 Å². The maximum atomic E-state index is 12.7. The van der Waals surface area contributed by atoms with Crippen molar-refractivity contribution in [3.63, 3.8) is 0 Å². The molecule has 10 heteroatoms. The molecule has 1 aliphatic heterocycles. The first-order valence-electron chi connectivity index (χ1n) is 10.3. The monoisotopic (exact) mass is 456 g/mol. The highest BCUT2D eigenvalue weighted by atomic mass is 32.2. The van der Waals surface area contributed by atoms with Gasteiger partial charge < -0.3 is 9.15 Å². The normalized spacial score (nSPS) is 14.8. The van der Waals surface area contributed by atoms with Gasteiger partial charge in [-0.3, -0.25) is 10.1 Å². The summed E-state index contributed by atoms with van der Waals surface area (Å²) in [7, 11) is -1.94. The van der Waals surface area contributed by atoms with Crippen LogP contribution in [-0.2, 0) is 16.4 Å². The first-order chi connectivity index (χ1) is 15.5. The van der Waals surface area contributed by atoms with Crippen molar-refractivity contribution in [2.45, 2.75) is 30.6 Å². The summed E-state index contributed by atoms with van der Waals surface area (Å²) in [5.41, 5.74) is 1.25. The van der Waals surface area contributed by atoms with Crippen LogP contribution < -0.4 is 10.1 Å². The molecule has 0 atom stereocenters. The van der Waals surface area contributed by atoms with E-state index in [1.54, 1.807) is 7.11 Å². The third kappa shape index (κ3) is 4.97. The summed E-state index contributed by atoms with van der Waals surface area (Å²) in [6.07, 6.45) is 3.19. The second-order valence-electron chi connectivity index (χ2n) is 7.47. The van der Waals surface area contributed by atoms with Crippen LogP contribution >= 0.6 is 0 Å². The first-order valence-corrected chi connectivity index (χ1v) is 11.8. The van der Waals surface area contributed by atoms with E-state index in [0.29, 0.717) is 25.4 Å². The van der Waals surface area contributed by atoms with E-state index in [0.717, 1.165) is 30.6 Å². The Kier molecular flexibility index (Phi) is 6.52. The molecule has 1 fully saturated rings. The highest BCUT2D eigenvalue weighted by Crippen LogP contribution is 2.21. The summed E-state index contributed by atoms with van der Waals surface area (Å²) in [5, 5.41) is 10.4. The Hall–Kier alpha value is -3.24. The molecule has 168 valence electrons. The van der Waals surface area contributed by atoms with Crippen molar-refractivity contribution in [1.29, 1.82) is 0 Å². The molecular weight excluding hydrogens is 432 g/mol. The van der Waals surface area contributed by atoms with Crippen molar-refractivity contribution >= 4 is 21.9 Å². The molecule has 0 unspecified atom stereocenters. The number of carbonyl (C=O) groups excluding carboxylic acids is 1. The van der Waals surface area contributed by atoms with E-state index < -0.39 is 15.9 Å². The number of amides is 1. The van der Waals surface area contributed by atoms with Crippen molar-refractivity contribution in [2.75, 3.05) is 25.5 Å². The lowest BCUT2D eigenvalue weighted by Gasteiger charge is -2.25. The maximum Gasteiger partial charge on any atom is 0.322 e.